The average molecular weight is 558 g/mol. The standard InChI is InChI=1S/C25H30N6O.HI/c1-26-25(27-17-21-9-5-10-23(15-21)31-13-6-12-29-31)28-18-22-16-24(32)30(19-22)14-11-20-7-3-2-4-8-20;/h2-10,12-13,15,22H,11,14,16-19H2,1H3,(H2,26,27,28);1H. The predicted molar refractivity (Wildman–Crippen MR) is 142 cm³/mol. The van der Waals surface area contributed by atoms with E-state index in [4.69, 9.17) is 0 Å². The zero-order chi connectivity index (χ0) is 22.2. The second kappa shape index (κ2) is 12.4. The number of aliphatic imine (C=N–C) groups is 1. The van der Waals surface area contributed by atoms with E-state index in [1.807, 2.05) is 52.2 Å². The van der Waals surface area contributed by atoms with Crippen LogP contribution in [0, 0.1) is 5.92 Å². The maximum atomic E-state index is 12.4. The third-order valence-electron chi connectivity index (χ3n) is 5.73. The monoisotopic (exact) mass is 558 g/mol. The molecule has 2 N–H and O–H groups in total. The van der Waals surface area contributed by atoms with Crippen LogP contribution < -0.4 is 10.6 Å². The number of halogens is 1. The van der Waals surface area contributed by atoms with Gasteiger partial charge in [0, 0.05) is 58.0 Å². The van der Waals surface area contributed by atoms with E-state index in [2.05, 4.69) is 45.0 Å². The first-order valence-corrected chi connectivity index (χ1v) is 11.1. The lowest BCUT2D eigenvalue weighted by atomic mass is 10.1. The van der Waals surface area contributed by atoms with Gasteiger partial charge in [-0.2, -0.15) is 5.10 Å². The van der Waals surface area contributed by atoms with Crippen molar-refractivity contribution < 1.29 is 4.79 Å². The fraction of sp³-hybridized carbons (Fsp3) is 0.320. The summed E-state index contributed by atoms with van der Waals surface area (Å²) in [5.41, 5.74) is 3.43. The number of rotatable bonds is 8. The molecule has 2 aromatic carbocycles. The zero-order valence-electron chi connectivity index (χ0n) is 18.9. The van der Waals surface area contributed by atoms with Gasteiger partial charge < -0.3 is 15.5 Å². The van der Waals surface area contributed by atoms with Crippen molar-refractivity contribution in [3.05, 3.63) is 84.2 Å². The molecule has 0 bridgehead atoms. The highest BCUT2D eigenvalue weighted by Gasteiger charge is 2.29. The molecule has 1 aliphatic rings. The van der Waals surface area contributed by atoms with E-state index >= 15 is 0 Å². The van der Waals surface area contributed by atoms with Crippen molar-refractivity contribution in [2.45, 2.75) is 19.4 Å². The molecule has 7 nitrogen and oxygen atoms in total. The Morgan fingerprint density at radius 2 is 1.91 bits per heavy atom. The first-order chi connectivity index (χ1) is 15.7. The summed E-state index contributed by atoms with van der Waals surface area (Å²) in [4.78, 5) is 18.7. The number of guanidine groups is 1. The zero-order valence-corrected chi connectivity index (χ0v) is 21.2. The molecule has 4 rings (SSSR count). The van der Waals surface area contributed by atoms with E-state index in [1.165, 1.54) is 5.56 Å². The van der Waals surface area contributed by atoms with Crippen LogP contribution >= 0.6 is 24.0 Å². The minimum atomic E-state index is 0. The summed E-state index contributed by atoms with van der Waals surface area (Å²) in [6, 6.07) is 20.5. The summed E-state index contributed by atoms with van der Waals surface area (Å²) in [6.45, 7) is 2.95. The second-order valence-corrected chi connectivity index (χ2v) is 8.07. The van der Waals surface area contributed by atoms with Crippen LogP contribution in [0.3, 0.4) is 0 Å². The van der Waals surface area contributed by atoms with Crippen molar-refractivity contribution in [1.82, 2.24) is 25.3 Å². The smallest absolute Gasteiger partial charge is 0.223 e. The Morgan fingerprint density at radius 3 is 2.67 bits per heavy atom. The third-order valence-corrected chi connectivity index (χ3v) is 5.73. The number of hydrogen-bond acceptors (Lipinski definition) is 3. The first-order valence-electron chi connectivity index (χ1n) is 11.1. The van der Waals surface area contributed by atoms with Crippen LogP contribution in [0.4, 0.5) is 0 Å². The number of benzene rings is 2. The number of amides is 1. The Bertz CT molecular complexity index is 1040. The largest absolute Gasteiger partial charge is 0.356 e. The van der Waals surface area contributed by atoms with E-state index in [0.717, 1.165) is 43.3 Å². The summed E-state index contributed by atoms with van der Waals surface area (Å²) in [7, 11) is 1.77. The molecule has 174 valence electrons. The van der Waals surface area contributed by atoms with Gasteiger partial charge in [0.25, 0.3) is 0 Å². The van der Waals surface area contributed by atoms with Gasteiger partial charge in [-0.3, -0.25) is 9.79 Å². The fourth-order valence-electron chi connectivity index (χ4n) is 3.99. The molecule has 0 aliphatic carbocycles. The summed E-state index contributed by atoms with van der Waals surface area (Å²) in [5.74, 6) is 1.27. The van der Waals surface area contributed by atoms with Crippen LogP contribution in [-0.2, 0) is 17.8 Å². The number of hydrogen-bond donors (Lipinski definition) is 2. The van der Waals surface area contributed by atoms with Crippen molar-refractivity contribution in [1.29, 1.82) is 0 Å². The minimum absolute atomic E-state index is 0. The van der Waals surface area contributed by atoms with Crippen LogP contribution in [-0.4, -0.2) is 53.2 Å². The van der Waals surface area contributed by atoms with Gasteiger partial charge in [0.2, 0.25) is 5.91 Å². The van der Waals surface area contributed by atoms with Gasteiger partial charge in [-0.15, -0.1) is 24.0 Å². The van der Waals surface area contributed by atoms with E-state index in [-0.39, 0.29) is 29.9 Å². The van der Waals surface area contributed by atoms with Gasteiger partial charge >= 0.3 is 0 Å². The molecule has 1 saturated heterocycles. The molecule has 1 unspecified atom stereocenters. The van der Waals surface area contributed by atoms with Crippen molar-refractivity contribution in [3.8, 4) is 5.69 Å². The Morgan fingerprint density at radius 1 is 1.09 bits per heavy atom. The Labute approximate surface area is 212 Å². The van der Waals surface area contributed by atoms with Crippen LogP contribution in [0.1, 0.15) is 17.5 Å². The van der Waals surface area contributed by atoms with Crippen LogP contribution in [0.2, 0.25) is 0 Å². The van der Waals surface area contributed by atoms with Crippen molar-refractivity contribution in [2.75, 3.05) is 26.7 Å². The highest BCUT2D eigenvalue weighted by atomic mass is 127. The van der Waals surface area contributed by atoms with E-state index in [9.17, 15) is 4.79 Å². The summed E-state index contributed by atoms with van der Waals surface area (Å²) in [5, 5.41) is 11.0. The molecule has 1 atom stereocenters. The van der Waals surface area contributed by atoms with Crippen LogP contribution in [0.15, 0.2) is 78.0 Å². The normalized spacial score (nSPS) is 15.9. The molecule has 33 heavy (non-hydrogen) atoms. The molecular weight excluding hydrogens is 527 g/mol. The number of nitrogens with zero attached hydrogens (tertiary/aromatic N) is 4. The first kappa shape index (κ1) is 24.8. The van der Waals surface area contributed by atoms with Crippen molar-refractivity contribution in [2.24, 2.45) is 10.9 Å². The van der Waals surface area contributed by atoms with E-state index < -0.39 is 0 Å². The summed E-state index contributed by atoms with van der Waals surface area (Å²) in [6.07, 6.45) is 5.19. The number of carbonyl (C=O) groups is 1. The van der Waals surface area contributed by atoms with Crippen molar-refractivity contribution in [3.63, 3.8) is 0 Å². The Hall–Kier alpha value is -2.88. The maximum Gasteiger partial charge on any atom is 0.223 e. The van der Waals surface area contributed by atoms with Crippen LogP contribution in [0.25, 0.3) is 5.69 Å². The number of aromatic nitrogens is 2. The lowest BCUT2D eigenvalue weighted by molar-refractivity contribution is -0.127. The number of likely N-dealkylation sites (tertiary alicyclic amines) is 1. The third kappa shape index (κ3) is 7.05. The molecule has 8 heteroatoms. The fourth-order valence-corrected chi connectivity index (χ4v) is 3.99. The molecule has 1 aromatic heterocycles. The van der Waals surface area contributed by atoms with E-state index in [1.54, 1.807) is 13.2 Å². The number of carbonyl (C=O) groups excluding carboxylic acids is 1. The highest BCUT2D eigenvalue weighted by Crippen LogP contribution is 2.17. The molecule has 1 aliphatic heterocycles. The van der Waals surface area contributed by atoms with Gasteiger partial charge in [0.1, 0.15) is 0 Å². The Kier molecular flexibility index (Phi) is 9.29. The second-order valence-electron chi connectivity index (χ2n) is 8.07. The van der Waals surface area contributed by atoms with Gasteiger partial charge in [0.05, 0.1) is 5.69 Å². The average Bonchev–Trinajstić information content (AvgIpc) is 3.49. The molecule has 3 aromatic rings. The van der Waals surface area contributed by atoms with Gasteiger partial charge in [-0.25, -0.2) is 4.68 Å². The van der Waals surface area contributed by atoms with Gasteiger partial charge in [0.15, 0.2) is 5.96 Å². The predicted octanol–water partition coefficient (Wildman–Crippen LogP) is 3.25. The molecule has 0 radical (unpaired) electrons. The topological polar surface area (TPSA) is 74.5 Å². The molecule has 2 heterocycles. The van der Waals surface area contributed by atoms with E-state index in [0.29, 0.717) is 18.9 Å². The van der Waals surface area contributed by atoms with Gasteiger partial charge in [-0.05, 0) is 35.7 Å². The summed E-state index contributed by atoms with van der Waals surface area (Å²) >= 11 is 0. The quantitative estimate of drug-likeness (QED) is 0.253. The SMILES string of the molecule is CN=C(NCc1cccc(-n2cccn2)c1)NCC1CC(=O)N(CCc2ccccc2)C1.I. The van der Waals surface area contributed by atoms with Crippen LogP contribution in [0.5, 0.6) is 0 Å². The maximum absolute atomic E-state index is 12.4. The highest BCUT2D eigenvalue weighted by molar-refractivity contribution is 14.0. The molecule has 1 amide bonds. The molecular formula is C25H31IN6O. The molecule has 0 spiro atoms. The lowest BCUT2D eigenvalue weighted by Gasteiger charge is -2.18. The lowest BCUT2D eigenvalue weighted by Crippen LogP contribution is -2.40. The Balaban J connectivity index is 0.00000306. The van der Waals surface area contributed by atoms with Crippen molar-refractivity contribution >= 4 is 35.8 Å². The molecule has 0 saturated carbocycles. The molecule has 1 fully saturated rings. The minimum Gasteiger partial charge on any atom is -0.356 e. The summed E-state index contributed by atoms with van der Waals surface area (Å²) < 4.78 is 1.84. The number of nitrogens with one attached hydrogen (secondary N) is 2. The van der Waals surface area contributed by atoms with Gasteiger partial charge in [-0.1, -0.05) is 42.5 Å².